The number of fused-ring (bicyclic) bond motifs is 1. The fourth-order valence-corrected chi connectivity index (χ4v) is 2.52. The Kier molecular flexibility index (Phi) is 3.17. The minimum absolute atomic E-state index is 0.539. The lowest BCUT2D eigenvalue weighted by Gasteiger charge is -2.06. The van der Waals surface area contributed by atoms with E-state index in [1.165, 1.54) is 0 Å². The molecule has 0 atom stereocenters. The summed E-state index contributed by atoms with van der Waals surface area (Å²) in [7, 11) is 1.94. The molecule has 7 heteroatoms. The fourth-order valence-electron chi connectivity index (χ4n) is 2.52. The summed E-state index contributed by atoms with van der Waals surface area (Å²) in [5.74, 6) is 0.539. The quantitative estimate of drug-likeness (QED) is 0.757. The lowest BCUT2D eigenvalue weighted by molar-refractivity contribution is 0.537. The van der Waals surface area contributed by atoms with Gasteiger partial charge in [-0.05, 0) is 12.5 Å². The largest absolute Gasteiger partial charge is 0.369 e. The molecule has 3 aromatic heterocycles. The predicted octanol–water partition coefficient (Wildman–Crippen LogP) is 1.20. The van der Waals surface area contributed by atoms with Gasteiger partial charge < -0.3 is 5.73 Å². The molecule has 106 valence electrons. The zero-order valence-electron chi connectivity index (χ0n) is 11.8. The van der Waals surface area contributed by atoms with Crippen LogP contribution >= 0.6 is 0 Å². The molecule has 3 rings (SSSR count). The lowest BCUT2D eigenvalue weighted by Crippen LogP contribution is -2.12. The summed E-state index contributed by atoms with van der Waals surface area (Å²) in [4.78, 5) is 4.48. The molecule has 0 bridgehead atoms. The highest BCUT2D eigenvalue weighted by Crippen LogP contribution is 2.21. The minimum Gasteiger partial charge on any atom is -0.369 e. The number of nitrogens with two attached hydrogens (primary N) is 1. The third-order valence-corrected chi connectivity index (χ3v) is 3.42. The Morgan fingerprint density at radius 2 is 2.15 bits per heavy atom. The normalized spacial score (nSPS) is 11.5. The molecule has 20 heavy (non-hydrogen) atoms. The Bertz CT molecular complexity index is 705. The van der Waals surface area contributed by atoms with Crippen LogP contribution in [0.3, 0.4) is 0 Å². The summed E-state index contributed by atoms with van der Waals surface area (Å²) in [5.41, 5.74) is 8.98. The van der Waals surface area contributed by atoms with Crippen LogP contribution in [0.1, 0.15) is 19.0 Å². The van der Waals surface area contributed by atoms with E-state index in [-0.39, 0.29) is 0 Å². The van der Waals surface area contributed by atoms with E-state index < -0.39 is 0 Å². The van der Waals surface area contributed by atoms with E-state index in [0.29, 0.717) is 5.95 Å². The summed E-state index contributed by atoms with van der Waals surface area (Å²) in [6.45, 7) is 3.63. The number of imidazole rings is 1. The fraction of sp³-hybridized carbons (Fsp3) is 0.462. The predicted molar refractivity (Wildman–Crippen MR) is 77.1 cm³/mol. The molecule has 3 heterocycles. The lowest BCUT2D eigenvalue weighted by atomic mass is 10.2. The molecule has 0 unspecified atom stereocenters. The molecule has 0 saturated heterocycles. The molecule has 3 aromatic rings. The maximum atomic E-state index is 6.05. The summed E-state index contributed by atoms with van der Waals surface area (Å²) in [5, 5.41) is 8.74. The van der Waals surface area contributed by atoms with Crippen LogP contribution in [0.4, 0.5) is 5.95 Å². The van der Waals surface area contributed by atoms with Gasteiger partial charge in [0.15, 0.2) is 5.65 Å². The second-order valence-electron chi connectivity index (χ2n) is 4.88. The molecular weight excluding hydrogens is 254 g/mol. The van der Waals surface area contributed by atoms with Crippen LogP contribution in [0.2, 0.25) is 0 Å². The van der Waals surface area contributed by atoms with Crippen molar-refractivity contribution in [2.45, 2.75) is 32.9 Å². The van der Waals surface area contributed by atoms with E-state index in [2.05, 4.69) is 22.1 Å². The first-order chi connectivity index (χ1) is 9.70. The van der Waals surface area contributed by atoms with Crippen molar-refractivity contribution in [1.29, 1.82) is 0 Å². The zero-order chi connectivity index (χ0) is 14.1. The first kappa shape index (κ1) is 12.7. The van der Waals surface area contributed by atoms with E-state index in [1.807, 2.05) is 33.2 Å². The highest BCUT2D eigenvalue weighted by atomic mass is 15.4. The summed E-state index contributed by atoms with van der Waals surface area (Å²) in [6, 6.07) is 1.91. The number of hydrogen-bond donors (Lipinski definition) is 1. The average molecular weight is 273 g/mol. The van der Waals surface area contributed by atoms with Gasteiger partial charge in [-0.15, -0.1) is 0 Å². The Morgan fingerprint density at radius 1 is 1.30 bits per heavy atom. The second kappa shape index (κ2) is 4.99. The summed E-state index contributed by atoms with van der Waals surface area (Å²) < 4.78 is 5.75. The first-order valence-electron chi connectivity index (χ1n) is 6.85. The van der Waals surface area contributed by atoms with Crippen molar-refractivity contribution in [2.75, 3.05) is 5.73 Å². The van der Waals surface area contributed by atoms with Gasteiger partial charge in [0.2, 0.25) is 5.95 Å². The molecule has 0 aliphatic heterocycles. The topological polar surface area (TPSA) is 79.5 Å². The Labute approximate surface area is 117 Å². The van der Waals surface area contributed by atoms with Crippen LogP contribution in [0, 0.1) is 0 Å². The van der Waals surface area contributed by atoms with Crippen molar-refractivity contribution in [3.63, 3.8) is 0 Å². The SMILES string of the molecule is CCCc1nn(C)c2c1nc(N)n2CCn1cccn1. The molecule has 0 aromatic carbocycles. The van der Waals surface area contributed by atoms with E-state index in [4.69, 9.17) is 5.73 Å². The van der Waals surface area contributed by atoms with Crippen molar-refractivity contribution in [3.05, 3.63) is 24.2 Å². The van der Waals surface area contributed by atoms with Crippen LogP contribution in [-0.4, -0.2) is 29.1 Å². The van der Waals surface area contributed by atoms with E-state index in [9.17, 15) is 0 Å². The molecule has 7 nitrogen and oxygen atoms in total. The van der Waals surface area contributed by atoms with Crippen molar-refractivity contribution in [2.24, 2.45) is 7.05 Å². The third-order valence-electron chi connectivity index (χ3n) is 3.42. The maximum Gasteiger partial charge on any atom is 0.202 e. The zero-order valence-corrected chi connectivity index (χ0v) is 11.8. The van der Waals surface area contributed by atoms with Crippen LogP contribution in [-0.2, 0) is 26.6 Å². The smallest absolute Gasteiger partial charge is 0.202 e. The van der Waals surface area contributed by atoms with Gasteiger partial charge in [-0.3, -0.25) is 13.9 Å². The number of aromatic nitrogens is 6. The van der Waals surface area contributed by atoms with Gasteiger partial charge in [0, 0.05) is 26.0 Å². The second-order valence-corrected chi connectivity index (χ2v) is 4.88. The average Bonchev–Trinajstić information content (AvgIpc) is 3.08. The molecular formula is C13H19N7. The van der Waals surface area contributed by atoms with Gasteiger partial charge in [-0.25, -0.2) is 4.98 Å². The molecule has 0 saturated carbocycles. The van der Waals surface area contributed by atoms with E-state index in [0.717, 1.165) is 42.8 Å². The van der Waals surface area contributed by atoms with Gasteiger partial charge in [0.25, 0.3) is 0 Å². The Balaban J connectivity index is 1.95. The maximum absolute atomic E-state index is 6.05. The van der Waals surface area contributed by atoms with Gasteiger partial charge in [-0.1, -0.05) is 13.3 Å². The summed E-state index contributed by atoms with van der Waals surface area (Å²) in [6.07, 6.45) is 5.69. The number of nitrogens with zero attached hydrogens (tertiary/aromatic N) is 6. The Morgan fingerprint density at radius 3 is 2.85 bits per heavy atom. The van der Waals surface area contributed by atoms with Crippen molar-refractivity contribution in [3.8, 4) is 0 Å². The highest BCUT2D eigenvalue weighted by Gasteiger charge is 2.17. The van der Waals surface area contributed by atoms with Gasteiger partial charge in [-0.2, -0.15) is 10.2 Å². The first-order valence-corrected chi connectivity index (χ1v) is 6.85. The molecule has 0 spiro atoms. The van der Waals surface area contributed by atoms with Crippen molar-refractivity contribution >= 4 is 17.1 Å². The number of aryl methyl sites for hydroxylation is 4. The van der Waals surface area contributed by atoms with Gasteiger partial charge in [0.05, 0.1) is 12.2 Å². The van der Waals surface area contributed by atoms with Crippen LogP contribution in [0.25, 0.3) is 11.2 Å². The van der Waals surface area contributed by atoms with Crippen LogP contribution in [0.5, 0.6) is 0 Å². The molecule has 2 N–H and O–H groups in total. The number of rotatable bonds is 5. The highest BCUT2D eigenvalue weighted by molar-refractivity contribution is 5.77. The van der Waals surface area contributed by atoms with Crippen molar-refractivity contribution < 1.29 is 0 Å². The minimum atomic E-state index is 0.539. The standard InChI is InChI=1S/C13H19N7/c1-3-5-10-11-12(18(2)17-10)20(13(14)16-11)9-8-19-7-4-6-15-19/h4,6-7H,3,5,8-9H2,1-2H3,(H2,14,16). The number of nitrogen functional groups attached to an aromatic ring is 1. The third kappa shape index (κ3) is 2.04. The summed E-state index contributed by atoms with van der Waals surface area (Å²) >= 11 is 0. The van der Waals surface area contributed by atoms with Gasteiger partial charge >= 0.3 is 0 Å². The molecule has 0 amide bonds. The van der Waals surface area contributed by atoms with E-state index in [1.54, 1.807) is 6.20 Å². The number of hydrogen-bond acceptors (Lipinski definition) is 4. The molecule has 0 aliphatic rings. The van der Waals surface area contributed by atoms with Crippen LogP contribution < -0.4 is 5.73 Å². The number of anilines is 1. The molecule has 0 radical (unpaired) electrons. The van der Waals surface area contributed by atoms with Crippen molar-refractivity contribution in [1.82, 2.24) is 29.1 Å². The van der Waals surface area contributed by atoms with Crippen LogP contribution in [0.15, 0.2) is 18.5 Å². The van der Waals surface area contributed by atoms with Gasteiger partial charge in [0.1, 0.15) is 5.52 Å². The molecule has 0 fully saturated rings. The monoisotopic (exact) mass is 273 g/mol. The van der Waals surface area contributed by atoms with E-state index >= 15 is 0 Å². The molecule has 0 aliphatic carbocycles. The Hall–Kier alpha value is -2.31.